The van der Waals surface area contributed by atoms with Gasteiger partial charge in [0.2, 0.25) is 0 Å². The predicted octanol–water partition coefficient (Wildman–Crippen LogP) is 1.48. The van der Waals surface area contributed by atoms with Crippen molar-refractivity contribution in [1.29, 1.82) is 0 Å². The lowest BCUT2D eigenvalue weighted by molar-refractivity contribution is 0.601. The highest BCUT2D eigenvalue weighted by atomic mass is 32.2. The molecule has 1 heterocycles. The number of hydrogen-bond acceptors (Lipinski definition) is 5. The van der Waals surface area contributed by atoms with Crippen molar-refractivity contribution < 1.29 is 8.42 Å². The Bertz CT molecular complexity index is 651. The molecule has 100 valence electrons. The summed E-state index contributed by atoms with van der Waals surface area (Å²) in [5, 5.41) is 0. The van der Waals surface area contributed by atoms with Crippen molar-refractivity contribution in [2.24, 2.45) is 5.84 Å². The Kier molecular flexibility index (Phi) is 3.68. The largest absolute Gasteiger partial charge is 0.324 e. The SMILES string of the molecule is Cc1ccc(NS(=O)(=O)c2ccc(NN)cc2)nc1. The summed E-state index contributed by atoms with van der Waals surface area (Å²) in [6.07, 6.45) is 1.60. The Morgan fingerprint density at radius 2 is 1.79 bits per heavy atom. The first-order chi connectivity index (χ1) is 9.01. The van der Waals surface area contributed by atoms with E-state index < -0.39 is 10.0 Å². The standard InChI is InChI=1S/C12H14N4O2S/c1-9-2-7-12(14-8-9)16-19(17,18)11-5-3-10(15-13)4-6-11/h2-8,15H,13H2,1H3,(H,14,16). The number of rotatable bonds is 4. The van der Waals surface area contributed by atoms with Gasteiger partial charge in [0.05, 0.1) is 4.90 Å². The quantitative estimate of drug-likeness (QED) is 0.581. The Hall–Kier alpha value is -2.12. The zero-order chi connectivity index (χ0) is 13.9. The van der Waals surface area contributed by atoms with Gasteiger partial charge in [-0.05, 0) is 42.8 Å². The molecule has 6 nitrogen and oxygen atoms in total. The average Bonchev–Trinajstić information content (AvgIpc) is 2.41. The lowest BCUT2D eigenvalue weighted by atomic mass is 10.3. The highest BCUT2D eigenvalue weighted by Crippen LogP contribution is 2.16. The van der Waals surface area contributed by atoms with Crippen LogP contribution in [0.5, 0.6) is 0 Å². The first-order valence-electron chi connectivity index (χ1n) is 5.53. The predicted molar refractivity (Wildman–Crippen MR) is 74.0 cm³/mol. The molecule has 0 bridgehead atoms. The molecule has 0 atom stereocenters. The number of aromatic nitrogens is 1. The van der Waals surface area contributed by atoms with E-state index in [1.165, 1.54) is 12.1 Å². The summed E-state index contributed by atoms with van der Waals surface area (Å²) in [6.45, 7) is 1.88. The van der Waals surface area contributed by atoms with Crippen molar-refractivity contribution in [3.05, 3.63) is 48.2 Å². The van der Waals surface area contributed by atoms with Gasteiger partial charge >= 0.3 is 0 Å². The lowest BCUT2D eigenvalue weighted by Crippen LogP contribution is -2.14. The number of hydrogen-bond donors (Lipinski definition) is 3. The molecule has 19 heavy (non-hydrogen) atoms. The molecule has 7 heteroatoms. The molecule has 1 aromatic carbocycles. The number of anilines is 2. The summed E-state index contributed by atoms with van der Waals surface area (Å²) in [7, 11) is -3.63. The molecule has 0 aliphatic heterocycles. The molecule has 0 radical (unpaired) electrons. The number of hydrazine groups is 1. The van der Waals surface area contributed by atoms with Crippen LogP contribution in [-0.2, 0) is 10.0 Å². The molecule has 0 unspecified atom stereocenters. The number of aryl methyl sites for hydroxylation is 1. The molecule has 0 spiro atoms. The molecular formula is C12H14N4O2S. The number of nitrogens with one attached hydrogen (secondary N) is 2. The average molecular weight is 278 g/mol. The van der Waals surface area contributed by atoms with Crippen molar-refractivity contribution in [2.45, 2.75) is 11.8 Å². The van der Waals surface area contributed by atoms with E-state index in [1.54, 1.807) is 30.5 Å². The van der Waals surface area contributed by atoms with Crippen LogP contribution >= 0.6 is 0 Å². The molecule has 0 aliphatic carbocycles. The van der Waals surface area contributed by atoms with Gasteiger partial charge in [-0.25, -0.2) is 13.4 Å². The monoisotopic (exact) mass is 278 g/mol. The summed E-state index contributed by atoms with van der Waals surface area (Å²) >= 11 is 0. The second-order valence-electron chi connectivity index (χ2n) is 4.00. The van der Waals surface area contributed by atoms with E-state index in [0.717, 1.165) is 5.56 Å². The van der Waals surface area contributed by atoms with E-state index >= 15 is 0 Å². The Labute approximate surface area is 111 Å². The van der Waals surface area contributed by atoms with Crippen LogP contribution in [0, 0.1) is 6.92 Å². The minimum Gasteiger partial charge on any atom is -0.324 e. The van der Waals surface area contributed by atoms with Gasteiger partial charge in [0.15, 0.2) is 0 Å². The van der Waals surface area contributed by atoms with Gasteiger partial charge in [0, 0.05) is 11.9 Å². The summed E-state index contributed by atoms with van der Waals surface area (Å²) in [5.41, 5.74) is 4.03. The highest BCUT2D eigenvalue weighted by molar-refractivity contribution is 7.92. The van der Waals surface area contributed by atoms with Gasteiger partial charge < -0.3 is 5.43 Å². The zero-order valence-corrected chi connectivity index (χ0v) is 11.1. The number of benzene rings is 1. The van der Waals surface area contributed by atoms with E-state index in [4.69, 9.17) is 5.84 Å². The third kappa shape index (κ3) is 3.21. The minimum absolute atomic E-state index is 0.147. The Morgan fingerprint density at radius 3 is 2.32 bits per heavy atom. The van der Waals surface area contributed by atoms with Crippen LogP contribution in [0.2, 0.25) is 0 Å². The lowest BCUT2D eigenvalue weighted by Gasteiger charge is -2.08. The second-order valence-corrected chi connectivity index (χ2v) is 5.68. The van der Waals surface area contributed by atoms with E-state index in [-0.39, 0.29) is 10.7 Å². The molecule has 0 aliphatic rings. The van der Waals surface area contributed by atoms with Crippen LogP contribution in [0.15, 0.2) is 47.5 Å². The highest BCUT2D eigenvalue weighted by Gasteiger charge is 2.14. The molecule has 2 rings (SSSR count). The minimum atomic E-state index is -3.63. The Balaban J connectivity index is 2.24. The van der Waals surface area contributed by atoms with Gasteiger partial charge in [0.25, 0.3) is 10.0 Å². The molecule has 0 saturated carbocycles. The number of nitrogens with two attached hydrogens (primary N) is 1. The fourth-order valence-electron chi connectivity index (χ4n) is 1.46. The molecule has 0 fully saturated rings. The van der Waals surface area contributed by atoms with Gasteiger partial charge in [-0.2, -0.15) is 0 Å². The van der Waals surface area contributed by atoms with Crippen molar-refractivity contribution in [3.63, 3.8) is 0 Å². The van der Waals surface area contributed by atoms with E-state index in [9.17, 15) is 8.42 Å². The fraction of sp³-hybridized carbons (Fsp3) is 0.0833. The third-order valence-corrected chi connectivity index (χ3v) is 3.85. The van der Waals surface area contributed by atoms with Crippen LogP contribution in [0.4, 0.5) is 11.5 Å². The van der Waals surface area contributed by atoms with Gasteiger partial charge in [-0.15, -0.1) is 0 Å². The number of pyridine rings is 1. The second kappa shape index (κ2) is 5.25. The first-order valence-corrected chi connectivity index (χ1v) is 7.02. The van der Waals surface area contributed by atoms with Gasteiger partial charge in [-0.1, -0.05) is 6.07 Å². The first kappa shape index (κ1) is 13.3. The Morgan fingerprint density at radius 1 is 1.11 bits per heavy atom. The van der Waals surface area contributed by atoms with Crippen LogP contribution in [-0.4, -0.2) is 13.4 Å². The normalized spacial score (nSPS) is 11.1. The molecule has 0 saturated heterocycles. The van der Waals surface area contributed by atoms with Gasteiger partial charge in [0.1, 0.15) is 5.82 Å². The van der Waals surface area contributed by atoms with Crippen LogP contribution in [0.3, 0.4) is 0 Å². The summed E-state index contributed by atoms with van der Waals surface area (Å²) < 4.78 is 26.6. The summed E-state index contributed by atoms with van der Waals surface area (Å²) in [4.78, 5) is 4.15. The van der Waals surface area contributed by atoms with Crippen LogP contribution < -0.4 is 16.0 Å². The maximum Gasteiger partial charge on any atom is 0.263 e. The zero-order valence-electron chi connectivity index (χ0n) is 10.3. The maximum absolute atomic E-state index is 12.1. The summed E-state index contributed by atoms with van der Waals surface area (Å²) in [6, 6.07) is 9.49. The molecule has 2 aromatic rings. The van der Waals surface area contributed by atoms with Crippen molar-refractivity contribution in [3.8, 4) is 0 Å². The molecule has 1 aromatic heterocycles. The third-order valence-electron chi connectivity index (χ3n) is 2.48. The van der Waals surface area contributed by atoms with Gasteiger partial charge in [-0.3, -0.25) is 10.6 Å². The molecule has 0 amide bonds. The van der Waals surface area contributed by atoms with E-state index in [1.807, 2.05) is 6.92 Å². The summed E-state index contributed by atoms with van der Waals surface area (Å²) in [5.74, 6) is 5.51. The van der Waals surface area contributed by atoms with Crippen molar-refractivity contribution >= 4 is 21.5 Å². The number of nitrogens with zero attached hydrogens (tertiary/aromatic N) is 1. The van der Waals surface area contributed by atoms with Crippen molar-refractivity contribution in [1.82, 2.24) is 4.98 Å². The smallest absolute Gasteiger partial charge is 0.263 e. The van der Waals surface area contributed by atoms with Crippen molar-refractivity contribution in [2.75, 3.05) is 10.1 Å². The van der Waals surface area contributed by atoms with Crippen LogP contribution in [0.25, 0.3) is 0 Å². The maximum atomic E-state index is 12.1. The fourth-order valence-corrected chi connectivity index (χ4v) is 2.46. The molecule has 4 N–H and O–H groups in total. The topological polar surface area (TPSA) is 97.1 Å². The number of sulfonamides is 1. The van der Waals surface area contributed by atoms with E-state index in [2.05, 4.69) is 15.1 Å². The molecular weight excluding hydrogens is 264 g/mol. The van der Waals surface area contributed by atoms with E-state index in [0.29, 0.717) is 5.69 Å². The van der Waals surface area contributed by atoms with Crippen LogP contribution in [0.1, 0.15) is 5.56 Å². The number of nitrogen functional groups attached to an aromatic ring is 1.